The zero-order chi connectivity index (χ0) is 20.4. The summed E-state index contributed by atoms with van der Waals surface area (Å²) in [6.07, 6.45) is 3.17. The van der Waals surface area contributed by atoms with Crippen LogP contribution < -0.4 is 5.56 Å². The van der Waals surface area contributed by atoms with Gasteiger partial charge in [-0.25, -0.2) is 0 Å². The summed E-state index contributed by atoms with van der Waals surface area (Å²) in [5.41, 5.74) is 4.16. The van der Waals surface area contributed by atoms with E-state index in [1.165, 1.54) is 5.56 Å². The minimum Gasteiger partial charge on any atom is -0.306 e. The highest BCUT2D eigenvalue weighted by molar-refractivity contribution is 9.10. The van der Waals surface area contributed by atoms with Crippen molar-refractivity contribution >= 4 is 43.6 Å². The highest BCUT2D eigenvalue weighted by Crippen LogP contribution is 2.31. The highest BCUT2D eigenvalue weighted by Gasteiger charge is 2.21. The van der Waals surface area contributed by atoms with Gasteiger partial charge in [-0.3, -0.25) is 9.20 Å². The third kappa shape index (κ3) is 3.26. The average Bonchev–Trinajstić information content (AvgIpc) is 3.00. The van der Waals surface area contributed by atoms with Crippen LogP contribution in [-0.2, 0) is 0 Å². The van der Waals surface area contributed by atoms with Crippen molar-refractivity contribution in [3.63, 3.8) is 0 Å². The predicted octanol–water partition coefficient (Wildman–Crippen LogP) is 6.65. The van der Waals surface area contributed by atoms with Gasteiger partial charge in [-0.15, -0.1) is 0 Å². The number of hydrogen-bond donors (Lipinski definition) is 0. The molecule has 2 heterocycles. The van der Waals surface area contributed by atoms with Crippen LogP contribution in [0.5, 0.6) is 0 Å². The minimum atomic E-state index is -0.181. The van der Waals surface area contributed by atoms with Gasteiger partial charge in [-0.2, -0.15) is 4.98 Å². The molecule has 0 aliphatic carbocycles. The molecule has 1 unspecified atom stereocenters. The van der Waals surface area contributed by atoms with Crippen LogP contribution >= 0.6 is 15.9 Å². The molecular weight excluding hydrogens is 414 g/mol. The number of hydrogen-bond acceptors (Lipinski definition) is 2. The Morgan fingerprint density at radius 2 is 1.82 bits per heavy atom. The number of nitrogens with zero attached hydrogens (tertiary/aromatic N) is 3. The molecule has 4 aromatic rings. The summed E-state index contributed by atoms with van der Waals surface area (Å²) in [6, 6.07) is 12.7. The standard InChI is InChI=1S/C21H22BrN3O.C2H6/c1-4-7-14(5-2)24-18-12-13(3)10-11-16(18)25-17-9-6-8-15(22)19(17)20(26)23-21(24)25;1-2/h6,8-12,14H,4-5,7H2,1-3H3;1-2H3. The molecule has 0 amide bonds. The van der Waals surface area contributed by atoms with E-state index in [-0.39, 0.29) is 5.56 Å². The van der Waals surface area contributed by atoms with Gasteiger partial charge >= 0.3 is 0 Å². The number of aromatic nitrogens is 3. The van der Waals surface area contributed by atoms with E-state index in [2.05, 4.69) is 68.9 Å². The van der Waals surface area contributed by atoms with E-state index in [0.29, 0.717) is 11.4 Å². The fourth-order valence-electron chi connectivity index (χ4n) is 3.95. The van der Waals surface area contributed by atoms with Gasteiger partial charge in [-0.1, -0.05) is 46.2 Å². The first-order valence-corrected chi connectivity index (χ1v) is 11.0. The van der Waals surface area contributed by atoms with Gasteiger partial charge in [0.25, 0.3) is 5.56 Å². The molecule has 0 fully saturated rings. The predicted molar refractivity (Wildman–Crippen MR) is 122 cm³/mol. The maximum absolute atomic E-state index is 12.8. The number of aryl methyl sites for hydroxylation is 1. The zero-order valence-electron chi connectivity index (χ0n) is 17.3. The first-order chi connectivity index (χ1) is 13.6. The molecule has 148 valence electrons. The molecular formula is C23H28BrN3O. The molecule has 2 aromatic heterocycles. The third-order valence-corrected chi connectivity index (χ3v) is 5.81. The van der Waals surface area contributed by atoms with Crippen LogP contribution in [0, 0.1) is 6.92 Å². The number of halogens is 1. The molecule has 0 bridgehead atoms. The maximum Gasteiger partial charge on any atom is 0.283 e. The second-order valence-electron chi connectivity index (χ2n) is 6.90. The molecule has 2 aromatic carbocycles. The van der Waals surface area contributed by atoms with Crippen molar-refractivity contribution in [3.8, 4) is 0 Å². The zero-order valence-corrected chi connectivity index (χ0v) is 18.9. The lowest BCUT2D eigenvalue weighted by atomic mass is 10.1. The van der Waals surface area contributed by atoms with Crippen LogP contribution in [0.4, 0.5) is 0 Å². The number of rotatable bonds is 4. The fourth-order valence-corrected chi connectivity index (χ4v) is 4.47. The second-order valence-corrected chi connectivity index (χ2v) is 7.75. The van der Waals surface area contributed by atoms with E-state index in [1.807, 2.05) is 32.0 Å². The van der Waals surface area contributed by atoms with Gasteiger partial charge in [0, 0.05) is 10.5 Å². The highest BCUT2D eigenvalue weighted by atomic mass is 79.9. The van der Waals surface area contributed by atoms with Crippen LogP contribution in [0.25, 0.3) is 27.7 Å². The van der Waals surface area contributed by atoms with Gasteiger partial charge < -0.3 is 4.57 Å². The first kappa shape index (κ1) is 20.6. The topological polar surface area (TPSA) is 39.3 Å². The Labute approximate surface area is 174 Å². The summed E-state index contributed by atoms with van der Waals surface area (Å²) in [4.78, 5) is 17.3. The van der Waals surface area contributed by atoms with E-state index in [9.17, 15) is 4.79 Å². The molecule has 5 heteroatoms. The molecule has 0 N–H and O–H groups in total. The minimum absolute atomic E-state index is 0.181. The van der Waals surface area contributed by atoms with Crippen LogP contribution in [0.2, 0.25) is 0 Å². The molecule has 0 spiro atoms. The van der Waals surface area contributed by atoms with Crippen molar-refractivity contribution < 1.29 is 0 Å². The largest absolute Gasteiger partial charge is 0.306 e. The van der Waals surface area contributed by atoms with Gasteiger partial charge in [-0.05, 0) is 65.5 Å². The Hall–Kier alpha value is -2.14. The average molecular weight is 442 g/mol. The molecule has 0 saturated heterocycles. The lowest BCUT2D eigenvalue weighted by molar-refractivity contribution is 0.466. The SMILES string of the molecule is CC.CCCC(CC)n1c2cc(C)ccc2n2c3cccc(Br)c3c(=O)nc12. The Morgan fingerprint density at radius 1 is 1.07 bits per heavy atom. The second kappa shape index (κ2) is 8.48. The Balaban J connectivity index is 0.00000109. The van der Waals surface area contributed by atoms with Crippen LogP contribution in [0.1, 0.15) is 58.6 Å². The van der Waals surface area contributed by atoms with Gasteiger partial charge in [0.2, 0.25) is 5.78 Å². The normalized spacial score (nSPS) is 12.4. The van der Waals surface area contributed by atoms with Crippen LogP contribution in [0.15, 0.2) is 45.7 Å². The van der Waals surface area contributed by atoms with Crippen molar-refractivity contribution in [2.75, 3.05) is 0 Å². The van der Waals surface area contributed by atoms with Crippen molar-refractivity contribution in [1.29, 1.82) is 0 Å². The lowest BCUT2D eigenvalue weighted by Gasteiger charge is -2.18. The van der Waals surface area contributed by atoms with E-state index in [4.69, 9.17) is 0 Å². The van der Waals surface area contributed by atoms with Gasteiger partial charge in [0.05, 0.1) is 21.9 Å². The Morgan fingerprint density at radius 3 is 2.50 bits per heavy atom. The summed E-state index contributed by atoms with van der Waals surface area (Å²) in [6.45, 7) is 10.5. The van der Waals surface area contributed by atoms with Gasteiger partial charge in [0.15, 0.2) is 0 Å². The Bertz CT molecular complexity index is 1190. The summed E-state index contributed by atoms with van der Waals surface area (Å²) in [5.74, 6) is 0.738. The molecule has 0 saturated carbocycles. The van der Waals surface area contributed by atoms with Crippen LogP contribution in [0.3, 0.4) is 0 Å². The number of imidazole rings is 1. The van der Waals surface area contributed by atoms with Crippen LogP contribution in [-0.4, -0.2) is 14.0 Å². The molecule has 0 radical (unpaired) electrons. The smallest absolute Gasteiger partial charge is 0.283 e. The maximum atomic E-state index is 12.8. The first-order valence-electron chi connectivity index (χ1n) is 10.2. The monoisotopic (exact) mass is 441 g/mol. The molecule has 1 atom stereocenters. The van der Waals surface area contributed by atoms with Crippen molar-refractivity contribution in [1.82, 2.24) is 14.0 Å². The van der Waals surface area contributed by atoms with Crippen molar-refractivity contribution in [3.05, 3.63) is 56.8 Å². The molecule has 28 heavy (non-hydrogen) atoms. The molecule has 0 aliphatic rings. The molecule has 4 nitrogen and oxygen atoms in total. The molecule has 0 aliphatic heterocycles. The van der Waals surface area contributed by atoms with Crippen molar-refractivity contribution in [2.24, 2.45) is 0 Å². The fraction of sp³-hybridized carbons (Fsp3) is 0.391. The van der Waals surface area contributed by atoms with Gasteiger partial charge in [0.1, 0.15) is 0 Å². The number of benzene rings is 2. The quantitative estimate of drug-likeness (QED) is 0.355. The van der Waals surface area contributed by atoms with E-state index < -0.39 is 0 Å². The summed E-state index contributed by atoms with van der Waals surface area (Å²) < 4.78 is 5.19. The third-order valence-electron chi connectivity index (χ3n) is 5.15. The van der Waals surface area contributed by atoms with E-state index >= 15 is 0 Å². The summed E-state index contributed by atoms with van der Waals surface area (Å²) >= 11 is 3.52. The lowest BCUT2D eigenvalue weighted by Crippen LogP contribution is -2.15. The molecule has 4 rings (SSSR count). The Kier molecular flexibility index (Phi) is 6.23. The summed E-state index contributed by atoms with van der Waals surface area (Å²) in [7, 11) is 0. The van der Waals surface area contributed by atoms with Crippen molar-refractivity contribution in [2.45, 2.75) is 59.9 Å². The number of fused-ring (bicyclic) bond motifs is 5. The van der Waals surface area contributed by atoms with E-state index in [0.717, 1.165) is 46.1 Å². The summed E-state index contributed by atoms with van der Waals surface area (Å²) in [5, 5.41) is 0.633. The van der Waals surface area contributed by atoms with E-state index in [1.54, 1.807) is 0 Å².